The minimum atomic E-state index is 0.00460. The average Bonchev–Trinajstić information content (AvgIpc) is 2.92. The molecule has 0 bridgehead atoms. The molecule has 2 aromatic rings. The predicted octanol–water partition coefficient (Wildman–Crippen LogP) is 3.51. The zero-order valence-electron chi connectivity index (χ0n) is 14.3. The first-order valence-corrected chi connectivity index (χ1v) is 8.40. The number of furan rings is 1. The van der Waals surface area contributed by atoms with Gasteiger partial charge in [0.15, 0.2) is 0 Å². The molecule has 1 atom stereocenters. The Morgan fingerprint density at radius 2 is 2.09 bits per heavy atom. The highest BCUT2D eigenvalue weighted by Crippen LogP contribution is 2.26. The minimum Gasteiger partial charge on any atom is -0.464 e. The summed E-state index contributed by atoms with van der Waals surface area (Å²) in [5.74, 6) is 0.352. The topological polar surface area (TPSA) is 62.5 Å². The molecule has 126 valence electrons. The first kappa shape index (κ1) is 17.5. The summed E-state index contributed by atoms with van der Waals surface area (Å²) in [6, 6.07) is 4.09. The van der Waals surface area contributed by atoms with Crippen molar-refractivity contribution in [3.8, 4) is 0 Å². The van der Waals surface area contributed by atoms with E-state index in [2.05, 4.69) is 25.2 Å². The summed E-state index contributed by atoms with van der Waals surface area (Å²) >= 11 is 0. The Bertz CT molecular complexity index is 654. The number of amides is 1. The van der Waals surface area contributed by atoms with Crippen LogP contribution in [0.25, 0.3) is 11.0 Å². The molecule has 0 aliphatic rings. The quantitative estimate of drug-likeness (QED) is 0.783. The van der Waals surface area contributed by atoms with Crippen molar-refractivity contribution in [2.45, 2.75) is 46.5 Å². The highest BCUT2D eigenvalue weighted by molar-refractivity contribution is 5.89. The first-order chi connectivity index (χ1) is 11.1. The van der Waals surface area contributed by atoms with E-state index in [0.29, 0.717) is 18.9 Å². The lowest BCUT2D eigenvalue weighted by atomic mass is 10.00. The molecule has 0 saturated heterocycles. The maximum atomic E-state index is 12.2. The summed E-state index contributed by atoms with van der Waals surface area (Å²) in [5, 5.41) is 13.1. The van der Waals surface area contributed by atoms with E-state index in [9.17, 15) is 4.79 Å². The van der Waals surface area contributed by atoms with E-state index in [0.717, 1.165) is 41.4 Å². The van der Waals surface area contributed by atoms with Gasteiger partial charge in [-0.3, -0.25) is 4.79 Å². The number of aryl methyl sites for hydroxylation is 2. The van der Waals surface area contributed by atoms with Crippen LogP contribution in [0.3, 0.4) is 0 Å². The number of carbonyl (C=O) groups is 1. The molecule has 2 rings (SSSR count). The molecule has 0 spiro atoms. The third-order valence-corrected chi connectivity index (χ3v) is 4.51. The number of rotatable bonds is 8. The van der Waals surface area contributed by atoms with Crippen molar-refractivity contribution in [2.24, 2.45) is 5.92 Å². The van der Waals surface area contributed by atoms with Crippen LogP contribution >= 0.6 is 0 Å². The van der Waals surface area contributed by atoms with Crippen molar-refractivity contribution in [3.63, 3.8) is 0 Å². The number of fused-ring (bicyclic) bond motifs is 1. The number of hydrogen-bond donors (Lipinski definition) is 2. The zero-order valence-corrected chi connectivity index (χ0v) is 14.3. The molecule has 1 unspecified atom stereocenters. The van der Waals surface area contributed by atoms with Crippen LogP contribution < -0.4 is 5.32 Å². The SMILES string of the molecule is CCCC(CCO)CNC(=O)Cc1coc2c(C)c(C)ccc12. The van der Waals surface area contributed by atoms with E-state index in [-0.39, 0.29) is 12.5 Å². The van der Waals surface area contributed by atoms with Gasteiger partial charge >= 0.3 is 0 Å². The highest BCUT2D eigenvalue weighted by Gasteiger charge is 2.14. The Hall–Kier alpha value is -1.81. The van der Waals surface area contributed by atoms with Crippen molar-refractivity contribution < 1.29 is 14.3 Å². The summed E-state index contributed by atoms with van der Waals surface area (Å²) in [7, 11) is 0. The molecule has 1 aromatic heterocycles. The maximum Gasteiger partial charge on any atom is 0.224 e. The maximum absolute atomic E-state index is 12.2. The largest absolute Gasteiger partial charge is 0.464 e. The molecule has 0 radical (unpaired) electrons. The fourth-order valence-corrected chi connectivity index (χ4v) is 2.96. The summed E-state index contributed by atoms with van der Waals surface area (Å²) in [6.45, 7) is 7.01. The molecule has 4 nitrogen and oxygen atoms in total. The molecule has 0 aliphatic carbocycles. The Morgan fingerprint density at radius 3 is 2.78 bits per heavy atom. The van der Waals surface area contributed by atoms with Gasteiger partial charge in [0, 0.05) is 24.1 Å². The molecule has 1 aromatic carbocycles. The average molecular weight is 317 g/mol. The molecule has 0 aliphatic heterocycles. The molecule has 0 fully saturated rings. The number of hydrogen-bond acceptors (Lipinski definition) is 3. The monoisotopic (exact) mass is 317 g/mol. The van der Waals surface area contributed by atoms with Crippen LogP contribution in [0.5, 0.6) is 0 Å². The Kier molecular flexibility index (Phi) is 6.22. The zero-order chi connectivity index (χ0) is 16.8. The van der Waals surface area contributed by atoms with Gasteiger partial charge in [-0.25, -0.2) is 0 Å². The highest BCUT2D eigenvalue weighted by atomic mass is 16.3. The van der Waals surface area contributed by atoms with E-state index in [1.165, 1.54) is 5.56 Å². The van der Waals surface area contributed by atoms with Gasteiger partial charge in [0.2, 0.25) is 5.91 Å². The number of benzene rings is 1. The second kappa shape index (κ2) is 8.16. The molecule has 1 amide bonds. The van der Waals surface area contributed by atoms with Gasteiger partial charge in [-0.15, -0.1) is 0 Å². The number of carbonyl (C=O) groups excluding carboxylic acids is 1. The summed E-state index contributed by atoms with van der Waals surface area (Å²) in [6.07, 6.45) is 4.84. The van der Waals surface area contributed by atoms with Gasteiger partial charge in [0.05, 0.1) is 12.7 Å². The lowest BCUT2D eigenvalue weighted by molar-refractivity contribution is -0.120. The van der Waals surface area contributed by atoms with Gasteiger partial charge < -0.3 is 14.8 Å². The van der Waals surface area contributed by atoms with Gasteiger partial charge in [-0.2, -0.15) is 0 Å². The van der Waals surface area contributed by atoms with Gasteiger partial charge in [-0.1, -0.05) is 25.5 Å². The Balaban J connectivity index is 1.99. The Morgan fingerprint density at radius 1 is 1.30 bits per heavy atom. The number of nitrogens with one attached hydrogen (secondary N) is 1. The lowest BCUT2D eigenvalue weighted by Gasteiger charge is -2.15. The van der Waals surface area contributed by atoms with E-state index in [1.807, 2.05) is 13.0 Å². The molecule has 2 N–H and O–H groups in total. The second-order valence-electron chi connectivity index (χ2n) is 6.29. The van der Waals surface area contributed by atoms with Crippen LogP contribution in [-0.2, 0) is 11.2 Å². The third-order valence-electron chi connectivity index (χ3n) is 4.51. The number of aliphatic hydroxyl groups excluding tert-OH is 1. The first-order valence-electron chi connectivity index (χ1n) is 8.40. The van der Waals surface area contributed by atoms with Crippen LogP contribution in [0, 0.1) is 19.8 Å². The van der Waals surface area contributed by atoms with Crippen molar-refractivity contribution in [1.29, 1.82) is 0 Å². The fraction of sp³-hybridized carbons (Fsp3) is 0.526. The molecular formula is C19H27NO3. The van der Waals surface area contributed by atoms with Crippen LogP contribution in [0.1, 0.15) is 42.9 Å². The molecule has 23 heavy (non-hydrogen) atoms. The van der Waals surface area contributed by atoms with E-state index < -0.39 is 0 Å². The van der Waals surface area contributed by atoms with E-state index in [1.54, 1.807) is 6.26 Å². The van der Waals surface area contributed by atoms with Crippen LogP contribution in [0.4, 0.5) is 0 Å². The van der Waals surface area contributed by atoms with Crippen molar-refractivity contribution in [1.82, 2.24) is 5.32 Å². The molecule has 0 saturated carbocycles. The standard InChI is InChI=1S/C19H27NO3/c1-4-5-15(8-9-21)11-20-18(22)10-16-12-23-19-14(3)13(2)6-7-17(16)19/h6-7,12,15,21H,4-5,8-11H2,1-3H3,(H,20,22). The molecule has 4 heteroatoms. The van der Waals surface area contributed by atoms with Crippen LogP contribution in [-0.4, -0.2) is 24.2 Å². The van der Waals surface area contributed by atoms with Gasteiger partial charge in [0.1, 0.15) is 5.58 Å². The summed E-state index contributed by atoms with van der Waals surface area (Å²) < 4.78 is 5.65. The normalized spacial score (nSPS) is 12.5. The predicted molar refractivity (Wildman–Crippen MR) is 92.5 cm³/mol. The van der Waals surface area contributed by atoms with Crippen LogP contribution in [0.2, 0.25) is 0 Å². The second-order valence-corrected chi connectivity index (χ2v) is 6.29. The lowest BCUT2D eigenvalue weighted by Crippen LogP contribution is -2.30. The van der Waals surface area contributed by atoms with Crippen molar-refractivity contribution in [2.75, 3.05) is 13.2 Å². The fourth-order valence-electron chi connectivity index (χ4n) is 2.96. The Labute approximate surface area is 137 Å². The number of aliphatic hydroxyl groups is 1. The van der Waals surface area contributed by atoms with Crippen molar-refractivity contribution >= 4 is 16.9 Å². The molecule has 1 heterocycles. The van der Waals surface area contributed by atoms with Crippen molar-refractivity contribution in [3.05, 3.63) is 35.1 Å². The summed E-state index contributed by atoms with van der Waals surface area (Å²) in [4.78, 5) is 12.2. The molecular weight excluding hydrogens is 290 g/mol. The summed E-state index contributed by atoms with van der Waals surface area (Å²) in [5.41, 5.74) is 4.11. The minimum absolute atomic E-state index is 0.00460. The third kappa shape index (κ3) is 4.35. The van der Waals surface area contributed by atoms with E-state index in [4.69, 9.17) is 9.52 Å². The smallest absolute Gasteiger partial charge is 0.224 e. The van der Waals surface area contributed by atoms with Crippen LogP contribution in [0.15, 0.2) is 22.8 Å². The van der Waals surface area contributed by atoms with Gasteiger partial charge in [-0.05, 0) is 43.7 Å². The van der Waals surface area contributed by atoms with Gasteiger partial charge in [0.25, 0.3) is 0 Å². The van der Waals surface area contributed by atoms with E-state index >= 15 is 0 Å².